The summed E-state index contributed by atoms with van der Waals surface area (Å²) < 4.78 is 11.1. The normalized spacial score (nSPS) is 14.9. The Morgan fingerprint density at radius 1 is 0.944 bits per heavy atom. The third kappa shape index (κ3) is 3.60. The fraction of sp³-hybridized carbons (Fsp3) is 0.172. The molecule has 0 radical (unpaired) electrons. The highest BCUT2D eigenvalue weighted by molar-refractivity contribution is 6.00. The second kappa shape index (κ2) is 8.92. The predicted octanol–water partition coefficient (Wildman–Crippen LogP) is 5.36. The molecule has 0 fully saturated rings. The van der Waals surface area contributed by atoms with Gasteiger partial charge in [0.2, 0.25) is 0 Å². The maximum absolute atomic E-state index is 13.7. The number of hydrogen-bond acceptors (Lipinski definition) is 4. The number of carbonyl (C=O) groups is 1. The Bertz CT molecular complexity index is 1550. The van der Waals surface area contributed by atoms with E-state index in [4.69, 9.17) is 9.47 Å². The van der Waals surface area contributed by atoms with Crippen LogP contribution in [0.2, 0.25) is 0 Å². The molecule has 36 heavy (non-hydrogen) atoms. The Labute approximate surface area is 208 Å². The third-order valence-corrected chi connectivity index (χ3v) is 6.85. The molecule has 7 nitrogen and oxygen atoms in total. The van der Waals surface area contributed by atoms with Crippen LogP contribution in [0.4, 0.5) is 0 Å². The van der Waals surface area contributed by atoms with E-state index in [0.29, 0.717) is 18.7 Å². The quantitative estimate of drug-likeness (QED) is 0.330. The van der Waals surface area contributed by atoms with Crippen LogP contribution in [0.1, 0.15) is 33.4 Å². The molecule has 0 bridgehead atoms. The van der Waals surface area contributed by atoms with Crippen LogP contribution in [0, 0.1) is 0 Å². The van der Waals surface area contributed by atoms with Crippen molar-refractivity contribution in [3.05, 3.63) is 101 Å². The minimum absolute atomic E-state index is 0.0617. The monoisotopic (exact) mass is 478 g/mol. The number of rotatable bonds is 7. The number of H-pyrrole nitrogens is 2. The SMILES string of the molecule is COc1ccc2[nH]c(CCN3C(=O)c4[nH]nc(-c5ccccc5)c4[C@H]3c3ccccc3OC)cc2c1. The molecule has 1 aliphatic heterocycles. The van der Waals surface area contributed by atoms with Gasteiger partial charge in [-0.1, -0.05) is 48.5 Å². The molecule has 0 saturated carbocycles. The van der Waals surface area contributed by atoms with Crippen molar-refractivity contribution in [1.82, 2.24) is 20.1 Å². The lowest BCUT2D eigenvalue weighted by Gasteiger charge is -2.27. The van der Waals surface area contributed by atoms with Crippen molar-refractivity contribution >= 4 is 16.8 Å². The van der Waals surface area contributed by atoms with Gasteiger partial charge in [0.05, 0.1) is 26.0 Å². The molecule has 0 aliphatic carbocycles. The van der Waals surface area contributed by atoms with Crippen LogP contribution in [0.3, 0.4) is 0 Å². The summed E-state index contributed by atoms with van der Waals surface area (Å²) in [6.07, 6.45) is 0.673. The number of nitrogens with one attached hydrogen (secondary N) is 2. The molecule has 3 heterocycles. The highest BCUT2D eigenvalue weighted by Gasteiger charge is 2.43. The molecule has 5 aromatic rings. The molecule has 3 aromatic carbocycles. The van der Waals surface area contributed by atoms with Gasteiger partial charge in [-0.05, 0) is 30.3 Å². The average molecular weight is 479 g/mol. The zero-order valence-corrected chi connectivity index (χ0v) is 20.1. The van der Waals surface area contributed by atoms with E-state index in [0.717, 1.165) is 50.5 Å². The Morgan fingerprint density at radius 2 is 1.75 bits per heavy atom. The van der Waals surface area contributed by atoms with Crippen LogP contribution < -0.4 is 9.47 Å². The van der Waals surface area contributed by atoms with Gasteiger partial charge >= 0.3 is 0 Å². The number of aromatic amines is 2. The van der Waals surface area contributed by atoms with E-state index in [1.807, 2.05) is 77.7 Å². The number of aromatic nitrogens is 3. The van der Waals surface area contributed by atoms with Crippen LogP contribution in [0.25, 0.3) is 22.2 Å². The maximum atomic E-state index is 13.7. The van der Waals surface area contributed by atoms with Gasteiger partial charge in [-0.2, -0.15) is 5.10 Å². The highest BCUT2D eigenvalue weighted by atomic mass is 16.5. The molecule has 0 unspecified atom stereocenters. The molecular formula is C29H26N4O3. The Balaban J connectivity index is 1.39. The smallest absolute Gasteiger partial charge is 0.273 e. The minimum atomic E-state index is -0.318. The number of carbonyl (C=O) groups excluding carboxylic acids is 1. The number of para-hydroxylation sites is 1. The van der Waals surface area contributed by atoms with Gasteiger partial charge in [0.15, 0.2) is 0 Å². The summed E-state index contributed by atoms with van der Waals surface area (Å²) >= 11 is 0. The van der Waals surface area contributed by atoms with Gasteiger partial charge in [0.1, 0.15) is 17.2 Å². The lowest BCUT2D eigenvalue weighted by molar-refractivity contribution is 0.0744. The van der Waals surface area contributed by atoms with Crippen LogP contribution in [-0.4, -0.2) is 46.8 Å². The fourth-order valence-electron chi connectivity index (χ4n) is 5.13. The number of ether oxygens (including phenoxy) is 2. The van der Waals surface area contributed by atoms with Crippen molar-refractivity contribution in [1.29, 1.82) is 0 Å². The van der Waals surface area contributed by atoms with Crippen LogP contribution in [-0.2, 0) is 6.42 Å². The molecular weight excluding hydrogens is 452 g/mol. The number of methoxy groups -OCH3 is 2. The summed E-state index contributed by atoms with van der Waals surface area (Å²) in [6.45, 7) is 0.530. The first-order valence-corrected chi connectivity index (χ1v) is 11.9. The van der Waals surface area contributed by atoms with E-state index in [2.05, 4.69) is 21.2 Å². The van der Waals surface area contributed by atoms with Crippen LogP contribution in [0.5, 0.6) is 11.5 Å². The molecule has 180 valence electrons. The molecule has 1 aliphatic rings. The van der Waals surface area contributed by atoms with Gasteiger partial charge in [-0.3, -0.25) is 9.89 Å². The molecule has 2 aromatic heterocycles. The zero-order chi connectivity index (χ0) is 24.6. The molecule has 0 spiro atoms. The fourth-order valence-corrected chi connectivity index (χ4v) is 5.13. The van der Waals surface area contributed by atoms with E-state index >= 15 is 0 Å². The minimum Gasteiger partial charge on any atom is -0.497 e. The first kappa shape index (κ1) is 22.0. The van der Waals surface area contributed by atoms with E-state index in [-0.39, 0.29) is 11.9 Å². The summed E-state index contributed by atoms with van der Waals surface area (Å²) in [7, 11) is 3.33. The number of benzene rings is 3. The Hall–Kier alpha value is -4.52. The van der Waals surface area contributed by atoms with Crippen molar-refractivity contribution in [2.45, 2.75) is 12.5 Å². The summed E-state index contributed by atoms with van der Waals surface area (Å²) in [4.78, 5) is 19.1. The van der Waals surface area contributed by atoms with Crippen LogP contribution >= 0.6 is 0 Å². The molecule has 1 atom stereocenters. The first-order valence-electron chi connectivity index (χ1n) is 11.9. The van der Waals surface area contributed by atoms with Gasteiger partial charge in [-0.25, -0.2) is 0 Å². The topological polar surface area (TPSA) is 83.2 Å². The van der Waals surface area contributed by atoms with Gasteiger partial charge in [-0.15, -0.1) is 0 Å². The van der Waals surface area contributed by atoms with Gasteiger partial charge in [0, 0.05) is 46.3 Å². The zero-order valence-electron chi connectivity index (χ0n) is 20.1. The maximum Gasteiger partial charge on any atom is 0.273 e. The lowest BCUT2D eigenvalue weighted by Crippen LogP contribution is -2.31. The molecule has 7 heteroatoms. The average Bonchev–Trinajstić information content (AvgIpc) is 3.61. The van der Waals surface area contributed by atoms with Crippen LogP contribution in [0.15, 0.2) is 78.9 Å². The van der Waals surface area contributed by atoms with Crippen molar-refractivity contribution in [3.8, 4) is 22.8 Å². The number of fused-ring (bicyclic) bond motifs is 2. The van der Waals surface area contributed by atoms with E-state index in [1.54, 1.807) is 14.2 Å². The summed E-state index contributed by atoms with van der Waals surface area (Å²) in [5.74, 6) is 1.50. The molecule has 6 rings (SSSR count). The van der Waals surface area contributed by atoms with Crippen molar-refractivity contribution < 1.29 is 14.3 Å². The van der Waals surface area contributed by atoms with E-state index in [1.165, 1.54) is 0 Å². The van der Waals surface area contributed by atoms with Crippen molar-refractivity contribution in [3.63, 3.8) is 0 Å². The number of amides is 1. The number of nitrogens with zero attached hydrogens (tertiary/aromatic N) is 2. The van der Waals surface area contributed by atoms with E-state index < -0.39 is 0 Å². The summed E-state index contributed by atoms with van der Waals surface area (Å²) in [6, 6.07) is 25.6. The molecule has 0 saturated heterocycles. The summed E-state index contributed by atoms with van der Waals surface area (Å²) in [5, 5.41) is 8.67. The summed E-state index contributed by atoms with van der Waals surface area (Å²) in [5.41, 5.74) is 6.21. The van der Waals surface area contributed by atoms with Crippen molar-refractivity contribution in [2.24, 2.45) is 0 Å². The van der Waals surface area contributed by atoms with Gasteiger partial charge < -0.3 is 19.4 Å². The standard InChI is InChI=1S/C29H26N4O3/c1-35-21-12-13-23-19(17-21)16-20(30-23)14-15-33-28(22-10-6-7-11-24(22)36-2)25-26(18-8-4-3-5-9-18)31-32-27(25)29(33)34/h3-13,16-17,28,30H,14-15H2,1-2H3,(H,31,32)/t28-/m1/s1. The highest BCUT2D eigenvalue weighted by Crippen LogP contribution is 2.45. The third-order valence-electron chi connectivity index (χ3n) is 6.85. The number of hydrogen-bond donors (Lipinski definition) is 2. The largest absolute Gasteiger partial charge is 0.497 e. The molecule has 2 N–H and O–H groups in total. The second-order valence-corrected chi connectivity index (χ2v) is 8.87. The second-order valence-electron chi connectivity index (χ2n) is 8.87. The predicted molar refractivity (Wildman–Crippen MR) is 138 cm³/mol. The Kier molecular flexibility index (Phi) is 5.45. The van der Waals surface area contributed by atoms with E-state index in [9.17, 15) is 4.79 Å². The molecule has 1 amide bonds. The van der Waals surface area contributed by atoms with Gasteiger partial charge in [0.25, 0.3) is 5.91 Å². The van der Waals surface area contributed by atoms with Crippen molar-refractivity contribution in [2.75, 3.05) is 20.8 Å². The Morgan fingerprint density at radius 3 is 2.56 bits per heavy atom. The lowest BCUT2D eigenvalue weighted by atomic mass is 9.95. The first-order chi connectivity index (χ1) is 17.7.